The molecule has 0 saturated heterocycles. The van der Waals surface area contributed by atoms with Crippen LogP contribution < -0.4 is 16.4 Å². The van der Waals surface area contributed by atoms with Crippen molar-refractivity contribution < 1.29 is 23.6 Å². The van der Waals surface area contributed by atoms with Gasteiger partial charge in [-0.2, -0.15) is 4.98 Å². The molecule has 24 heavy (non-hydrogen) atoms. The summed E-state index contributed by atoms with van der Waals surface area (Å²) in [5.41, 5.74) is 3.60. The molecule has 1 aliphatic rings. The lowest BCUT2D eigenvalue weighted by atomic mass is 9.77. The number of primary amides is 1. The number of hydrogen-bond donors (Lipinski definition) is 4. The lowest BCUT2D eigenvalue weighted by Gasteiger charge is -2.38. The Morgan fingerprint density at radius 2 is 2.38 bits per heavy atom. The van der Waals surface area contributed by atoms with Crippen LogP contribution in [0.3, 0.4) is 0 Å². The lowest BCUT2D eigenvalue weighted by Crippen LogP contribution is -2.43. The van der Waals surface area contributed by atoms with Crippen molar-refractivity contribution in [3.05, 3.63) is 11.8 Å². The molecule has 0 bridgehead atoms. The highest BCUT2D eigenvalue weighted by molar-refractivity contribution is 5.97. The summed E-state index contributed by atoms with van der Waals surface area (Å²) in [6, 6.07) is -1.40. The predicted molar refractivity (Wildman–Crippen MR) is 94.9 cm³/mol. The Bertz CT molecular complexity index is 946. The monoisotopic (exact) mass is 345 g/mol. The molecule has 1 aromatic heterocycles. The average Bonchev–Trinajstić information content (AvgIpc) is 2.56. The third kappa shape index (κ3) is 4.35. The Labute approximate surface area is 157 Å². The van der Waals surface area contributed by atoms with Gasteiger partial charge in [0.05, 0.1) is 13.0 Å². The number of carbonyl (C=O) groups excluding carboxylic acids is 1. The molecule has 4 atom stereocenters. The van der Waals surface area contributed by atoms with E-state index in [4.69, 9.17) is 19.4 Å². The van der Waals surface area contributed by atoms with Crippen LogP contribution in [-0.2, 0) is 0 Å². The number of anilines is 2. The molecular weight excluding hydrogens is 306 g/mol. The van der Waals surface area contributed by atoms with E-state index < -0.39 is 61.9 Å². The first-order chi connectivity index (χ1) is 14.9. The largest absolute Gasteiger partial charge is 0.392 e. The van der Waals surface area contributed by atoms with Crippen LogP contribution in [0, 0.1) is 11.8 Å². The maximum absolute atomic E-state index is 11.9. The summed E-state index contributed by atoms with van der Waals surface area (Å²) >= 11 is 0. The van der Waals surface area contributed by atoms with E-state index in [2.05, 4.69) is 20.6 Å². The quantitative estimate of drug-likeness (QED) is 0.664. The molecule has 5 N–H and O–H groups in total. The number of amides is 1. The molecule has 1 saturated carbocycles. The van der Waals surface area contributed by atoms with Crippen LogP contribution in [0.25, 0.3) is 0 Å². The highest BCUT2D eigenvalue weighted by Crippen LogP contribution is 2.31. The first-order valence-electron chi connectivity index (χ1n) is 12.4. The van der Waals surface area contributed by atoms with E-state index in [9.17, 15) is 9.90 Å². The van der Waals surface area contributed by atoms with Gasteiger partial charge < -0.3 is 21.5 Å². The number of rotatable bonds is 4. The normalized spacial score (nSPS) is 43.0. The smallest absolute Gasteiger partial charge is 0.254 e. The van der Waals surface area contributed by atoms with Gasteiger partial charge in [0.1, 0.15) is 5.82 Å². The topological polar surface area (TPSA) is 113 Å². The molecular formula is C17H29N5O2. The Morgan fingerprint density at radius 1 is 1.62 bits per heavy atom. The van der Waals surface area contributed by atoms with Crippen molar-refractivity contribution in [1.82, 2.24) is 9.97 Å². The molecule has 0 aliphatic heterocycles. The fraction of sp³-hybridized carbons (Fsp3) is 0.706. The van der Waals surface area contributed by atoms with Gasteiger partial charge >= 0.3 is 0 Å². The van der Waals surface area contributed by atoms with Gasteiger partial charge in [0.25, 0.3) is 5.91 Å². The zero-order valence-corrected chi connectivity index (χ0v) is 13.8. The molecule has 2 rings (SSSR count). The molecule has 1 aromatic rings. The van der Waals surface area contributed by atoms with Crippen molar-refractivity contribution in [2.24, 2.45) is 17.5 Å². The van der Waals surface area contributed by atoms with E-state index in [1.165, 1.54) is 13.8 Å². The van der Waals surface area contributed by atoms with Crippen molar-refractivity contribution in [1.29, 1.82) is 0 Å². The molecule has 0 spiro atoms. The first-order valence-corrected chi connectivity index (χ1v) is 7.39. The summed E-state index contributed by atoms with van der Waals surface area (Å²) in [4.78, 5) is 19.9. The van der Waals surface area contributed by atoms with Crippen LogP contribution in [-0.4, -0.2) is 38.6 Å². The van der Waals surface area contributed by atoms with Crippen molar-refractivity contribution in [3.8, 4) is 0 Å². The second-order valence-electron chi connectivity index (χ2n) is 6.18. The summed E-state index contributed by atoms with van der Waals surface area (Å²) in [7, 11) is 0. The highest BCUT2D eigenvalue weighted by atomic mass is 16.3. The predicted octanol–water partition coefficient (Wildman–Crippen LogP) is 1.99. The van der Waals surface area contributed by atoms with Crippen LogP contribution in [0.2, 0.25) is 0 Å². The first kappa shape index (κ1) is 8.99. The van der Waals surface area contributed by atoms with Gasteiger partial charge in [-0.25, -0.2) is 4.98 Å². The zero-order chi connectivity index (χ0) is 26.7. The molecule has 7 heteroatoms. The fourth-order valence-electron chi connectivity index (χ4n) is 2.23. The van der Waals surface area contributed by atoms with Crippen molar-refractivity contribution in [2.75, 3.05) is 10.6 Å². The molecule has 1 heterocycles. The molecule has 7 nitrogen and oxygen atoms in total. The van der Waals surface area contributed by atoms with Gasteiger partial charge in [-0.1, -0.05) is 13.8 Å². The van der Waals surface area contributed by atoms with Crippen molar-refractivity contribution in [3.63, 3.8) is 0 Å². The number of hydrogen-bond acceptors (Lipinski definition) is 6. The molecule has 1 aliphatic carbocycles. The average molecular weight is 346 g/mol. The van der Waals surface area contributed by atoms with E-state index in [1.807, 2.05) is 0 Å². The number of aliphatic hydroxyl groups is 1. The van der Waals surface area contributed by atoms with Crippen LogP contribution in [0.15, 0.2) is 6.20 Å². The minimum atomic E-state index is -3.07. The van der Waals surface area contributed by atoms with Crippen molar-refractivity contribution >= 4 is 17.7 Å². The van der Waals surface area contributed by atoms with E-state index in [0.717, 1.165) is 13.1 Å². The van der Waals surface area contributed by atoms with E-state index in [0.29, 0.717) is 0 Å². The SMILES string of the molecule is [2H]C([2H])([2H])[C@@H]1C([2H])([2H])C[C@@H](Nc2nc(NC(C)(C)C([2H])([2H])[2H])ncc2C(N)=O)C([2H])(C)[C@@]1([2H])O. The zero-order valence-electron chi connectivity index (χ0n) is 23.8. The maximum atomic E-state index is 11.9. The molecule has 0 aromatic carbocycles. The Kier molecular flexibility index (Phi) is 2.59. The second-order valence-corrected chi connectivity index (χ2v) is 6.18. The Balaban J connectivity index is 2.53. The lowest BCUT2D eigenvalue weighted by molar-refractivity contribution is 0.0267. The molecule has 134 valence electrons. The summed E-state index contributed by atoms with van der Waals surface area (Å²) in [5, 5.41) is 16.1. The van der Waals surface area contributed by atoms with Crippen LogP contribution >= 0.6 is 0 Å². The van der Waals surface area contributed by atoms with Gasteiger partial charge in [0.2, 0.25) is 5.95 Å². The molecule has 1 unspecified atom stereocenters. The van der Waals surface area contributed by atoms with Crippen LogP contribution in [0.4, 0.5) is 11.8 Å². The molecule has 1 fully saturated rings. The summed E-state index contributed by atoms with van der Waals surface area (Å²) in [5.74, 6) is -5.99. The van der Waals surface area contributed by atoms with Gasteiger partial charge in [-0.15, -0.1) is 0 Å². The Morgan fingerprint density at radius 3 is 3.00 bits per heavy atom. The standard InChI is InChI=1S/C17H29N5O2/c1-9-6-7-12(10(2)13(9)23)20-15-11(14(18)24)8-19-16(21-15)22-17(3,4)5/h8-10,12-13,23H,6-7H2,1-5H3,(H2,18,24)(H2,19,20,21,22)/t9-,10?,12-,13+/m1/s1/i1D3,3D3,6D2,10D,13D. The fourth-order valence-corrected chi connectivity index (χ4v) is 2.23. The maximum Gasteiger partial charge on any atom is 0.254 e. The number of nitrogens with two attached hydrogens (primary N) is 1. The van der Waals surface area contributed by atoms with E-state index in [1.54, 1.807) is 0 Å². The number of nitrogens with one attached hydrogen (secondary N) is 2. The van der Waals surface area contributed by atoms with Gasteiger partial charge in [-0.05, 0) is 39.4 Å². The second kappa shape index (κ2) is 6.93. The number of carbonyl (C=O) groups is 1. The number of aromatic nitrogens is 2. The summed E-state index contributed by atoms with van der Waals surface area (Å²) in [6.07, 6.45) is -5.29. The van der Waals surface area contributed by atoms with Crippen molar-refractivity contribution in [2.45, 2.75) is 64.9 Å². The number of nitrogens with zero attached hydrogens (tertiary/aromatic N) is 2. The van der Waals surface area contributed by atoms with E-state index >= 15 is 0 Å². The summed E-state index contributed by atoms with van der Waals surface area (Å²) in [6.45, 7) is -1.70. The van der Waals surface area contributed by atoms with Gasteiger partial charge in [0.15, 0.2) is 0 Å². The third-order valence-corrected chi connectivity index (χ3v) is 3.52. The van der Waals surface area contributed by atoms with Gasteiger partial charge in [0, 0.05) is 36.0 Å². The Hall–Kier alpha value is -1.89. The van der Waals surface area contributed by atoms with Crippen LogP contribution in [0.1, 0.15) is 71.3 Å². The minimum Gasteiger partial charge on any atom is -0.392 e. The van der Waals surface area contributed by atoms with Gasteiger partial charge in [-0.3, -0.25) is 4.79 Å². The highest BCUT2D eigenvalue weighted by Gasteiger charge is 2.34. The van der Waals surface area contributed by atoms with E-state index in [-0.39, 0.29) is 17.3 Å². The molecule has 0 radical (unpaired) electrons. The summed E-state index contributed by atoms with van der Waals surface area (Å²) < 4.78 is 79.1. The molecule has 1 amide bonds. The van der Waals surface area contributed by atoms with Crippen LogP contribution in [0.5, 0.6) is 0 Å². The third-order valence-electron chi connectivity index (χ3n) is 3.52. The minimum absolute atomic E-state index is 0.222.